The molecule has 11 nitrogen and oxygen atoms in total. The molecule has 2 heterocycles. The fourth-order valence-corrected chi connectivity index (χ4v) is 4.08. The van der Waals surface area contributed by atoms with E-state index < -0.39 is 4.92 Å². The van der Waals surface area contributed by atoms with E-state index in [1.807, 2.05) is 60.1 Å². The van der Waals surface area contributed by atoms with Crippen molar-refractivity contribution in [1.82, 2.24) is 20.0 Å². The summed E-state index contributed by atoms with van der Waals surface area (Å²) in [5.74, 6) is 1.47. The third-order valence-electron chi connectivity index (χ3n) is 5.40. The summed E-state index contributed by atoms with van der Waals surface area (Å²) in [6, 6.07) is 21.3. The highest BCUT2D eigenvalue weighted by Crippen LogP contribution is 2.26. The molecular weight excluding hydrogens is 506 g/mol. The van der Waals surface area contributed by atoms with E-state index >= 15 is 0 Å². The van der Waals surface area contributed by atoms with Gasteiger partial charge in [0.05, 0.1) is 35.8 Å². The molecule has 38 heavy (non-hydrogen) atoms. The number of anilines is 1. The summed E-state index contributed by atoms with van der Waals surface area (Å²) in [5, 5.41) is 25.8. The molecule has 12 heteroatoms. The van der Waals surface area contributed by atoms with Crippen molar-refractivity contribution in [2.75, 3.05) is 12.5 Å². The Kier molecular flexibility index (Phi) is 7.32. The van der Waals surface area contributed by atoms with Crippen LogP contribution in [0, 0.1) is 10.1 Å². The van der Waals surface area contributed by atoms with E-state index in [-0.39, 0.29) is 12.3 Å². The van der Waals surface area contributed by atoms with Gasteiger partial charge in [-0.15, -0.1) is 16.4 Å². The number of nitro benzene ring substituents is 1. The summed E-state index contributed by atoms with van der Waals surface area (Å²) in [7, 11) is 1.63. The predicted molar refractivity (Wildman–Crippen MR) is 144 cm³/mol. The van der Waals surface area contributed by atoms with Crippen molar-refractivity contribution in [2.24, 2.45) is 5.10 Å². The number of rotatable bonds is 10. The molecule has 2 aromatic heterocycles. The Morgan fingerprint density at radius 1 is 1.05 bits per heavy atom. The Labute approximate surface area is 221 Å². The number of benzene rings is 3. The lowest BCUT2D eigenvalue weighted by Crippen LogP contribution is -1.96. The van der Waals surface area contributed by atoms with Gasteiger partial charge in [0.15, 0.2) is 0 Å². The SMILES string of the molecule is COc1ccc(-n2cc(COc3ccc(/C=N/Nc4nc(-c5ccc([N+](=O)[O-])cc5)cs4)cc3)nn2)cc1. The number of methoxy groups -OCH3 is 1. The molecule has 0 radical (unpaired) electrons. The van der Waals surface area contributed by atoms with E-state index in [1.165, 1.54) is 23.5 Å². The van der Waals surface area contributed by atoms with Gasteiger partial charge in [-0.05, 0) is 66.2 Å². The number of aromatic nitrogens is 4. The zero-order valence-electron chi connectivity index (χ0n) is 20.1. The molecule has 1 N–H and O–H groups in total. The fraction of sp³-hybridized carbons (Fsp3) is 0.0769. The zero-order valence-corrected chi connectivity index (χ0v) is 20.9. The number of hydrogen-bond acceptors (Lipinski definition) is 10. The molecule has 0 amide bonds. The van der Waals surface area contributed by atoms with Gasteiger partial charge >= 0.3 is 0 Å². The summed E-state index contributed by atoms with van der Waals surface area (Å²) in [5.41, 5.74) is 6.92. The second-order valence-electron chi connectivity index (χ2n) is 7.92. The molecule has 0 aliphatic heterocycles. The fourth-order valence-electron chi connectivity index (χ4n) is 3.41. The predicted octanol–water partition coefficient (Wildman–Crippen LogP) is 5.33. The van der Waals surface area contributed by atoms with Crippen molar-refractivity contribution >= 4 is 28.4 Å². The molecule has 0 saturated carbocycles. The minimum Gasteiger partial charge on any atom is -0.497 e. The molecule has 0 saturated heterocycles. The summed E-state index contributed by atoms with van der Waals surface area (Å²) in [6.45, 7) is 0.284. The van der Waals surface area contributed by atoms with Crippen molar-refractivity contribution in [3.63, 3.8) is 0 Å². The zero-order chi connectivity index (χ0) is 26.3. The molecular formula is C26H21N7O4S. The maximum atomic E-state index is 10.8. The van der Waals surface area contributed by atoms with Gasteiger partial charge in [0.25, 0.3) is 5.69 Å². The van der Waals surface area contributed by atoms with E-state index in [2.05, 4.69) is 25.8 Å². The van der Waals surface area contributed by atoms with E-state index in [4.69, 9.17) is 9.47 Å². The standard InChI is InChI=1S/C26H21N7O4S/c1-36-23-12-8-21(9-13-23)32-15-20(29-31-32)16-37-24-10-2-18(3-11-24)14-27-30-26-28-25(17-38-26)19-4-6-22(7-5-19)33(34)35/h2-15,17H,16H2,1H3,(H,28,30)/b27-14+. The van der Waals surface area contributed by atoms with Crippen molar-refractivity contribution in [1.29, 1.82) is 0 Å². The second-order valence-corrected chi connectivity index (χ2v) is 8.78. The maximum Gasteiger partial charge on any atom is 0.269 e. The van der Waals surface area contributed by atoms with Crippen LogP contribution in [-0.4, -0.2) is 38.2 Å². The molecule has 0 fully saturated rings. The first-order valence-electron chi connectivity index (χ1n) is 11.4. The van der Waals surface area contributed by atoms with E-state index in [1.54, 1.807) is 30.1 Å². The number of nitro groups is 1. The molecule has 0 aliphatic rings. The summed E-state index contributed by atoms with van der Waals surface area (Å²) in [6.07, 6.45) is 3.50. The van der Waals surface area contributed by atoms with E-state index in [0.717, 1.165) is 22.6 Å². The van der Waals surface area contributed by atoms with Crippen LogP contribution in [0.2, 0.25) is 0 Å². The van der Waals surface area contributed by atoms with Gasteiger partial charge in [-0.1, -0.05) is 5.21 Å². The van der Waals surface area contributed by atoms with E-state index in [9.17, 15) is 10.1 Å². The largest absolute Gasteiger partial charge is 0.497 e. The normalized spacial score (nSPS) is 11.0. The van der Waals surface area contributed by atoms with Crippen molar-refractivity contribution in [3.8, 4) is 28.4 Å². The van der Waals surface area contributed by atoms with Gasteiger partial charge in [0, 0.05) is 23.1 Å². The first-order valence-corrected chi connectivity index (χ1v) is 12.2. The molecule has 0 spiro atoms. The Bertz CT molecular complexity index is 1550. The number of nitrogens with zero attached hydrogens (tertiary/aromatic N) is 6. The molecule has 190 valence electrons. The lowest BCUT2D eigenvalue weighted by molar-refractivity contribution is -0.384. The highest BCUT2D eigenvalue weighted by molar-refractivity contribution is 7.14. The molecule has 0 unspecified atom stereocenters. The number of non-ortho nitro benzene ring substituents is 1. The summed E-state index contributed by atoms with van der Waals surface area (Å²) < 4.78 is 12.7. The molecule has 5 rings (SSSR count). The quantitative estimate of drug-likeness (QED) is 0.146. The van der Waals surface area contributed by atoms with Crippen LogP contribution in [0.4, 0.5) is 10.8 Å². The van der Waals surface area contributed by atoms with Crippen LogP contribution in [0.3, 0.4) is 0 Å². The van der Waals surface area contributed by atoms with Gasteiger partial charge in [0.2, 0.25) is 5.13 Å². The number of hydrazone groups is 1. The average molecular weight is 528 g/mol. The van der Waals surface area contributed by atoms with Crippen molar-refractivity contribution in [2.45, 2.75) is 6.61 Å². The lowest BCUT2D eigenvalue weighted by Gasteiger charge is -2.04. The van der Waals surface area contributed by atoms with Crippen LogP contribution < -0.4 is 14.9 Å². The van der Waals surface area contributed by atoms with Crippen LogP contribution in [-0.2, 0) is 6.61 Å². The van der Waals surface area contributed by atoms with Crippen LogP contribution in [0.25, 0.3) is 16.9 Å². The molecule has 0 aliphatic carbocycles. The van der Waals surface area contributed by atoms with Crippen LogP contribution in [0.1, 0.15) is 11.3 Å². The third kappa shape index (κ3) is 5.99. The Morgan fingerprint density at radius 3 is 2.50 bits per heavy atom. The van der Waals surface area contributed by atoms with Crippen LogP contribution >= 0.6 is 11.3 Å². The van der Waals surface area contributed by atoms with Crippen molar-refractivity contribution < 1.29 is 14.4 Å². The first-order chi connectivity index (χ1) is 18.6. The Hall–Kier alpha value is -5.10. The Morgan fingerprint density at radius 2 is 1.79 bits per heavy atom. The van der Waals surface area contributed by atoms with Gasteiger partial charge in [-0.2, -0.15) is 5.10 Å². The first kappa shape index (κ1) is 24.6. The number of hydrogen-bond donors (Lipinski definition) is 1. The summed E-state index contributed by atoms with van der Waals surface area (Å²) >= 11 is 1.39. The number of thiazole rings is 1. The number of ether oxygens (including phenoxy) is 2. The summed E-state index contributed by atoms with van der Waals surface area (Å²) in [4.78, 5) is 14.8. The van der Waals surface area contributed by atoms with Gasteiger partial charge in [-0.25, -0.2) is 9.67 Å². The smallest absolute Gasteiger partial charge is 0.269 e. The lowest BCUT2D eigenvalue weighted by atomic mass is 10.1. The second kappa shape index (κ2) is 11.3. The van der Waals surface area contributed by atoms with Gasteiger partial charge in [0.1, 0.15) is 23.8 Å². The molecule has 0 atom stereocenters. The molecule has 0 bridgehead atoms. The highest BCUT2D eigenvalue weighted by Gasteiger charge is 2.08. The monoisotopic (exact) mass is 527 g/mol. The van der Waals surface area contributed by atoms with Gasteiger partial charge < -0.3 is 9.47 Å². The number of nitrogens with one attached hydrogen (secondary N) is 1. The minimum absolute atomic E-state index is 0.0425. The van der Waals surface area contributed by atoms with Crippen LogP contribution in [0.5, 0.6) is 11.5 Å². The molecule has 3 aromatic carbocycles. The molecule has 5 aromatic rings. The van der Waals surface area contributed by atoms with E-state index in [0.29, 0.717) is 22.3 Å². The Balaban J connectivity index is 1.12. The van der Waals surface area contributed by atoms with Crippen molar-refractivity contribution in [3.05, 3.63) is 106 Å². The minimum atomic E-state index is -0.428. The van der Waals surface area contributed by atoms with Gasteiger partial charge in [-0.3, -0.25) is 15.5 Å². The van der Waals surface area contributed by atoms with Crippen LogP contribution in [0.15, 0.2) is 89.5 Å². The third-order valence-corrected chi connectivity index (χ3v) is 6.14. The maximum absolute atomic E-state index is 10.8. The highest BCUT2D eigenvalue weighted by atomic mass is 32.1. The topological polar surface area (TPSA) is 130 Å². The average Bonchev–Trinajstić information content (AvgIpc) is 3.63.